The molecule has 3 rings (SSSR count). The Labute approximate surface area is 152 Å². The maximum atomic E-state index is 12.5. The first-order chi connectivity index (χ1) is 12.5. The standard InChI is InChI=1S/C20H24N2O4/c1-13-14-8-6-7-9-15(14)19(24)22(13)12-18(23)21-17-11-5-3-2-4-10-16(17)20(25)26/h6-9,16-17H,1-5,10-12H2,(H,21,23)(H,25,26). The summed E-state index contributed by atoms with van der Waals surface area (Å²) in [4.78, 5) is 38.0. The van der Waals surface area contributed by atoms with Gasteiger partial charge >= 0.3 is 5.97 Å². The van der Waals surface area contributed by atoms with Gasteiger partial charge < -0.3 is 10.4 Å². The minimum atomic E-state index is -0.869. The normalized spacial score (nSPS) is 23.2. The molecule has 1 aliphatic carbocycles. The molecule has 1 aromatic rings. The van der Waals surface area contributed by atoms with E-state index in [-0.39, 0.29) is 18.4 Å². The molecule has 1 heterocycles. The lowest BCUT2D eigenvalue weighted by molar-refractivity contribution is -0.143. The number of carboxylic acids is 1. The summed E-state index contributed by atoms with van der Waals surface area (Å²) < 4.78 is 0. The van der Waals surface area contributed by atoms with Crippen LogP contribution in [-0.2, 0) is 9.59 Å². The Morgan fingerprint density at radius 3 is 2.42 bits per heavy atom. The van der Waals surface area contributed by atoms with Gasteiger partial charge in [0.05, 0.1) is 5.92 Å². The van der Waals surface area contributed by atoms with E-state index >= 15 is 0 Å². The van der Waals surface area contributed by atoms with Gasteiger partial charge in [0.1, 0.15) is 6.54 Å². The molecule has 6 nitrogen and oxygen atoms in total. The summed E-state index contributed by atoms with van der Waals surface area (Å²) in [6.45, 7) is 3.79. The fraction of sp³-hybridized carbons (Fsp3) is 0.450. The van der Waals surface area contributed by atoms with Crippen LogP contribution >= 0.6 is 0 Å². The van der Waals surface area contributed by atoms with E-state index in [2.05, 4.69) is 11.9 Å². The van der Waals surface area contributed by atoms with Gasteiger partial charge in [-0.3, -0.25) is 19.3 Å². The smallest absolute Gasteiger partial charge is 0.308 e. The zero-order valence-electron chi connectivity index (χ0n) is 14.7. The molecule has 2 unspecified atom stereocenters. The van der Waals surface area contributed by atoms with Crippen molar-refractivity contribution in [1.29, 1.82) is 0 Å². The SMILES string of the molecule is C=C1c2ccccc2C(=O)N1CC(=O)NC1CCCCCCC1C(=O)O. The molecule has 138 valence electrons. The Hall–Kier alpha value is -2.63. The maximum absolute atomic E-state index is 12.5. The van der Waals surface area contributed by atoms with Crippen molar-refractivity contribution < 1.29 is 19.5 Å². The van der Waals surface area contributed by atoms with Crippen molar-refractivity contribution in [2.75, 3.05) is 6.54 Å². The summed E-state index contributed by atoms with van der Waals surface area (Å²) in [6.07, 6.45) is 5.06. The van der Waals surface area contributed by atoms with Crippen molar-refractivity contribution in [2.24, 2.45) is 5.92 Å². The van der Waals surface area contributed by atoms with Crippen LogP contribution in [0.2, 0.25) is 0 Å². The number of carbonyl (C=O) groups is 3. The number of rotatable bonds is 4. The minimum Gasteiger partial charge on any atom is -0.481 e. The molecule has 2 atom stereocenters. The van der Waals surface area contributed by atoms with Gasteiger partial charge in [-0.1, -0.05) is 50.5 Å². The van der Waals surface area contributed by atoms with Gasteiger partial charge in [-0.25, -0.2) is 0 Å². The third kappa shape index (κ3) is 3.64. The van der Waals surface area contributed by atoms with Gasteiger partial charge in [-0.2, -0.15) is 0 Å². The third-order valence-corrected chi connectivity index (χ3v) is 5.27. The van der Waals surface area contributed by atoms with E-state index in [1.165, 1.54) is 4.90 Å². The monoisotopic (exact) mass is 356 g/mol. The molecule has 1 saturated carbocycles. The lowest BCUT2D eigenvalue weighted by Crippen LogP contribution is -2.47. The molecule has 0 saturated heterocycles. The van der Waals surface area contributed by atoms with Gasteiger partial charge in [0, 0.05) is 22.9 Å². The highest BCUT2D eigenvalue weighted by atomic mass is 16.4. The number of nitrogens with one attached hydrogen (secondary N) is 1. The zero-order chi connectivity index (χ0) is 18.7. The number of nitrogens with zero attached hydrogens (tertiary/aromatic N) is 1. The highest BCUT2D eigenvalue weighted by molar-refractivity contribution is 6.10. The van der Waals surface area contributed by atoms with E-state index in [4.69, 9.17) is 0 Å². The van der Waals surface area contributed by atoms with Crippen LogP contribution in [0, 0.1) is 5.92 Å². The summed E-state index contributed by atoms with van der Waals surface area (Å²) in [5, 5.41) is 12.4. The first-order valence-corrected chi connectivity index (χ1v) is 9.11. The molecule has 1 aliphatic heterocycles. The molecule has 6 heteroatoms. The Morgan fingerprint density at radius 2 is 1.77 bits per heavy atom. The summed E-state index contributed by atoms with van der Waals surface area (Å²) in [5.74, 6) is -2.03. The fourth-order valence-corrected chi connectivity index (χ4v) is 3.85. The summed E-state index contributed by atoms with van der Waals surface area (Å²) in [7, 11) is 0. The van der Waals surface area contributed by atoms with E-state index in [9.17, 15) is 19.5 Å². The maximum Gasteiger partial charge on any atom is 0.308 e. The Bertz CT molecular complexity index is 708. The van der Waals surface area contributed by atoms with Gasteiger partial charge in [0.25, 0.3) is 5.91 Å². The Morgan fingerprint density at radius 1 is 1.12 bits per heavy atom. The topological polar surface area (TPSA) is 86.7 Å². The number of hydrogen-bond acceptors (Lipinski definition) is 3. The van der Waals surface area contributed by atoms with E-state index in [0.717, 1.165) is 31.2 Å². The molecule has 0 radical (unpaired) electrons. The zero-order valence-corrected chi connectivity index (χ0v) is 14.7. The number of hydrogen-bond donors (Lipinski definition) is 2. The lowest BCUT2D eigenvalue weighted by Gasteiger charge is -2.28. The first-order valence-electron chi connectivity index (χ1n) is 9.11. The number of fused-ring (bicyclic) bond motifs is 1. The summed E-state index contributed by atoms with van der Waals surface area (Å²) in [5.41, 5.74) is 1.78. The molecule has 1 fully saturated rings. The minimum absolute atomic E-state index is 0.144. The van der Waals surface area contributed by atoms with Crippen LogP contribution in [0.3, 0.4) is 0 Å². The van der Waals surface area contributed by atoms with Gasteiger partial charge in [-0.15, -0.1) is 0 Å². The molecule has 26 heavy (non-hydrogen) atoms. The largest absolute Gasteiger partial charge is 0.481 e. The molecule has 0 aromatic heterocycles. The quantitative estimate of drug-likeness (QED) is 0.868. The molecule has 2 aliphatic rings. The van der Waals surface area contributed by atoms with Gasteiger partial charge in [-0.05, 0) is 18.9 Å². The predicted molar refractivity (Wildman–Crippen MR) is 97.3 cm³/mol. The van der Waals surface area contributed by atoms with Crippen LogP contribution in [-0.4, -0.2) is 40.4 Å². The van der Waals surface area contributed by atoms with Crippen LogP contribution in [0.1, 0.15) is 54.4 Å². The Kier molecular flexibility index (Phi) is 5.40. The number of carbonyl (C=O) groups excluding carboxylic acids is 2. The number of benzene rings is 1. The van der Waals surface area contributed by atoms with Crippen molar-refractivity contribution in [3.05, 3.63) is 42.0 Å². The van der Waals surface area contributed by atoms with Crippen LogP contribution < -0.4 is 5.32 Å². The Balaban J connectivity index is 1.67. The van der Waals surface area contributed by atoms with E-state index in [1.54, 1.807) is 12.1 Å². The number of amides is 2. The van der Waals surface area contributed by atoms with Gasteiger partial charge in [0.2, 0.25) is 5.91 Å². The lowest BCUT2D eigenvalue weighted by atomic mass is 9.87. The summed E-state index contributed by atoms with van der Waals surface area (Å²) >= 11 is 0. The van der Waals surface area contributed by atoms with Crippen molar-refractivity contribution in [2.45, 2.75) is 44.6 Å². The van der Waals surface area contributed by atoms with Gasteiger partial charge in [0.15, 0.2) is 0 Å². The molecule has 2 N–H and O–H groups in total. The van der Waals surface area contributed by atoms with Crippen molar-refractivity contribution >= 4 is 23.5 Å². The molecular formula is C20H24N2O4. The third-order valence-electron chi connectivity index (χ3n) is 5.27. The van der Waals surface area contributed by atoms with E-state index in [0.29, 0.717) is 24.1 Å². The second kappa shape index (κ2) is 7.72. The fourth-order valence-electron chi connectivity index (χ4n) is 3.85. The second-order valence-electron chi connectivity index (χ2n) is 6.99. The first kappa shape index (κ1) is 18.2. The molecular weight excluding hydrogens is 332 g/mol. The average Bonchev–Trinajstić information content (AvgIpc) is 2.82. The predicted octanol–water partition coefficient (Wildman–Crippen LogP) is 2.65. The van der Waals surface area contributed by atoms with E-state index < -0.39 is 17.9 Å². The molecule has 0 bridgehead atoms. The van der Waals surface area contributed by atoms with Crippen LogP contribution in [0.4, 0.5) is 0 Å². The summed E-state index contributed by atoms with van der Waals surface area (Å²) in [6, 6.07) is 6.74. The van der Waals surface area contributed by atoms with Crippen LogP contribution in [0.5, 0.6) is 0 Å². The van der Waals surface area contributed by atoms with Crippen LogP contribution in [0.15, 0.2) is 30.8 Å². The van der Waals surface area contributed by atoms with Crippen molar-refractivity contribution in [1.82, 2.24) is 10.2 Å². The van der Waals surface area contributed by atoms with E-state index in [1.807, 2.05) is 12.1 Å². The number of carboxylic acid groups (broad SMARTS) is 1. The highest BCUT2D eigenvalue weighted by Gasteiger charge is 2.34. The second-order valence-corrected chi connectivity index (χ2v) is 6.99. The molecule has 0 spiro atoms. The average molecular weight is 356 g/mol. The van der Waals surface area contributed by atoms with Crippen molar-refractivity contribution in [3.63, 3.8) is 0 Å². The van der Waals surface area contributed by atoms with Crippen molar-refractivity contribution in [3.8, 4) is 0 Å². The number of aliphatic carboxylic acids is 1. The molecule has 1 aromatic carbocycles. The highest BCUT2D eigenvalue weighted by Crippen LogP contribution is 2.31. The van der Waals surface area contributed by atoms with Crippen LogP contribution in [0.25, 0.3) is 5.70 Å². The molecule has 2 amide bonds.